The van der Waals surface area contributed by atoms with Gasteiger partial charge in [-0.25, -0.2) is 4.79 Å². The third-order valence-electron chi connectivity index (χ3n) is 4.80. The van der Waals surface area contributed by atoms with E-state index >= 15 is 0 Å². The third-order valence-corrected chi connectivity index (χ3v) is 4.80. The summed E-state index contributed by atoms with van der Waals surface area (Å²) in [6.45, 7) is 1.32. The van der Waals surface area contributed by atoms with Crippen molar-refractivity contribution < 1.29 is 14.6 Å². The number of amides is 2. The Kier molecular flexibility index (Phi) is 5.39. The number of carbonyl (C=O) groups is 1. The van der Waals surface area contributed by atoms with Crippen molar-refractivity contribution >= 4 is 6.03 Å². The zero-order valence-electron chi connectivity index (χ0n) is 13.5. The Bertz CT molecular complexity index is 535. The number of carbonyl (C=O) groups excluding carboxylic acids is 1. The molecule has 0 spiro atoms. The summed E-state index contributed by atoms with van der Waals surface area (Å²) in [7, 11) is 0. The third kappa shape index (κ3) is 4.38. The summed E-state index contributed by atoms with van der Waals surface area (Å²) in [6, 6.07) is 7.76. The molecule has 0 saturated heterocycles. The molecule has 1 saturated carbocycles. The molecular formula is C18H26N2O3. The lowest BCUT2D eigenvalue weighted by molar-refractivity contribution is 0.101. The average molecular weight is 318 g/mol. The minimum atomic E-state index is -0.204. The smallest absolute Gasteiger partial charge is 0.315 e. The highest BCUT2D eigenvalue weighted by Gasteiger charge is 2.23. The van der Waals surface area contributed by atoms with E-state index in [-0.39, 0.29) is 18.2 Å². The molecule has 2 aliphatic rings. The van der Waals surface area contributed by atoms with E-state index in [0.29, 0.717) is 19.1 Å². The second-order valence-corrected chi connectivity index (χ2v) is 6.62. The fraction of sp³-hybridized carbons (Fsp3) is 0.611. The normalized spacial score (nSPS) is 27.3. The van der Waals surface area contributed by atoms with Crippen LogP contribution in [-0.2, 0) is 0 Å². The SMILES string of the molecule is O=C(NCC1CCCC(O)C1)NC1CCCOc2ccccc21. The minimum Gasteiger partial charge on any atom is -0.493 e. The molecule has 1 fully saturated rings. The Balaban J connectivity index is 1.53. The minimum absolute atomic E-state index is 0.00866. The van der Waals surface area contributed by atoms with Gasteiger partial charge in [0.15, 0.2) is 0 Å². The molecular weight excluding hydrogens is 292 g/mol. The van der Waals surface area contributed by atoms with Gasteiger partial charge in [0.1, 0.15) is 5.75 Å². The van der Waals surface area contributed by atoms with Crippen LogP contribution in [0.3, 0.4) is 0 Å². The molecule has 1 aliphatic carbocycles. The number of aliphatic hydroxyl groups is 1. The second kappa shape index (κ2) is 7.68. The first-order chi connectivity index (χ1) is 11.2. The topological polar surface area (TPSA) is 70.6 Å². The predicted octanol–water partition coefficient (Wildman–Crippen LogP) is 2.75. The van der Waals surface area contributed by atoms with Gasteiger partial charge in [-0.3, -0.25) is 0 Å². The Morgan fingerprint density at radius 2 is 2.09 bits per heavy atom. The first-order valence-corrected chi connectivity index (χ1v) is 8.66. The summed E-state index contributed by atoms with van der Waals surface area (Å²) in [4.78, 5) is 12.2. The van der Waals surface area contributed by atoms with Crippen LogP contribution < -0.4 is 15.4 Å². The Morgan fingerprint density at radius 1 is 1.22 bits per heavy atom. The van der Waals surface area contributed by atoms with Crippen LogP contribution in [0.5, 0.6) is 5.75 Å². The van der Waals surface area contributed by atoms with E-state index in [2.05, 4.69) is 10.6 Å². The Hall–Kier alpha value is -1.75. The number of para-hydroxylation sites is 1. The molecule has 1 aromatic carbocycles. The van der Waals surface area contributed by atoms with Gasteiger partial charge < -0.3 is 20.5 Å². The molecule has 2 amide bonds. The van der Waals surface area contributed by atoms with Crippen LogP contribution in [0.4, 0.5) is 4.79 Å². The fourth-order valence-corrected chi connectivity index (χ4v) is 3.57. The van der Waals surface area contributed by atoms with E-state index in [0.717, 1.165) is 49.8 Å². The van der Waals surface area contributed by atoms with Crippen LogP contribution in [0.25, 0.3) is 0 Å². The van der Waals surface area contributed by atoms with Crippen molar-refractivity contribution in [2.45, 2.75) is 50.7 Å². The average Bonchev–Trinajstić information content (AvgIpc) is 2.76. The van der Waals surface area contributed by atoms with Crippen molar-refractivity contribution in [1.82, 2.24) is 10.6 Å². The van der Waals surface area contributed by atoms with Crippen LogP contribution in [0.1, 0.15) is 50.1 Å². The molecule has 126 valence electrons. The highest BCUT2D eigenvalue weighted by Crippen LogP contribution is 2.31. The quantitative estimate of drug-likeness (QED) is 0.802. The molecule has 1 heterocycles. The Morgan fingerprint density at radius 3 is 2.96 bits per heavy atom. The van der Waals surface area contributed by atoms with Gasteiger partial charge in [-0.2, -0.15) is 0 Å². The van der Waals surface area contributed by atoms with Crippen LogP contribution >= 0.6 is 0 Å². The summed E-state index contributed by atoms with van der Waals surface area (Å²) in [5, 5.41) is 15.7. The van der Waals surface area contributed by atoms with Crippen molar-refractivity contribution in [3.63, 3.8) is 0 Å². The molecule has 0 bridgehead atoms. The molecule has 0 radical (unpaired) electrons. The van der Waals surface area contributed by atoms with Gasteiger partial charge in [0.05, 0.1) is 18.8 Å². The van der Waals surface area contributed by atoms with Crippen molar-refractivity contribution in [3.05, 3.63) is 29.8 Å². The number of benzene rings is 1. The van der Waals surface area contributed by atoms with E-state index in [4.69, 9.17) is 4.74 Å². The maximum atomic E-state index is 12.2. The number of hydrogen-bond donors (Lipinski definition) is 3. The first-order valence-electron chi connectivity index (χ1n) is 8.66. The first kappa shape index (κ1) is 16.1. The largest absolute Gasteiger partial charge is 0.493 e. The molecule has 5 heteroatoms. The summed E-state index contributed by atoms with van der Waals surface area (Å²) < 4.78 is 5.73. The van der Waals surface area contributed by atoms with Crippen molar-refractivity contribution in [2.24, 2.45) is 5.92 Å². The van der Waals surface area contributed by atoms with Crippen LogP contribution in [0.2, 0.25) is 0 Å². The van der Waals surface area contributed by atoms with E-state index in [1.807, 2.05) is 24.3 Å². The number of fused-ring (bicyclic) bond motifs is 1. The van der Waals surface area contributed by atoms with Crippen LogP contribution in [0, 0.1) is 5.92 Å². The lowest BCUT2D eigenvalue weighted by atomic mass is 9.87. The number of nitrogens with one attached hydrogen (secondary N) is 2. The molecule has 23 heavy (non-hydrogen) atoms. The van der Waals surface area contributed by atoms with Gasteiger partial charge >= 0.3 is 6.03 Å². The molecule has 1 aliphatic heterocycles. The lowest BCUT2D eigenvalue weighted by Gasteiger charge is -2.26. The summed E-state index contributed by atoms with van der Waals surface area (Å²) in [5.41, 5.74) is 1.05. The maximum absolute atomic E-state index is 12.2. The van der Waals surface area contributed by atoms with Crippen LogP contribution in [-0.4, -0.2) is 30.4 Å². The van der Waals surface area contributed by atoms with Gasteiger partial charge in [-0.05, 0) is 44.1 Å². The van der Waals surface area contributed by atoms with Gasteiger partial charge in [0.25, 0.3) is 0 Å². The molecule has 3 atom stereocenters. The molecule has 5 nitrogen and oxygen atoms in total. The number of aliphatic hydroxyl groups excluding tert-OH is 1. The zero-order valence-corrected chi connectivity index (χ0v) is 13.5. The lowest BCUT2D eigenvalue weighted by Crippen LogP contribution is -2.41. The number of hydrogen-bond acceptors (Lipinski definition) is 3. The Labute approximate surface area is 137 Å². The molecule has 1 aromatic rings. The van der Waals surface area contributed by atoms with Crippen LogP contribution in [0.15, 0.2) is 24.3 Å². The number of rotatable bonds is 3. The van der Waals surface area contributed by atoms with E-state index < -0.39 is 0 Å². The fourth-order valence-electron chi connectivity index (χ4n) is 3.57. The van der Waals surface area contributed by atoms with Crippen molar-refractivity contribution in [2.75, 3.05) is 13.2 Å². The highest BCUT2D eigenvalue weighted by atomic mass is 16.5. The summed E-state index contributed by atoms with van der Waals surface area (Å²) in [5.74, 6) is 1.25. The number of ether oxygens (including phenoxy) is 1. The van der Waals surface area contributed by atoms with Crippen molar-refractivity contribution in [3.8, 4) is 5.75 Å². The molecule has 3 unspecified atom stereocenters. The maximum Gasteiger partial charge on any atom is 0.315 e. The van der Waals surface area contributed by atoms with Crippen molar-refractivity contribution in [1.29, 1.82) is 0 Å². The molecule has 3 rings (SSSR count). The van der Waals surface area contributed by atoms with E-state index in [1.165, 1.54) is 0 Å². The molecule has 0 aromatic heterocycles. The predicted molar refractivity (Wildman–Crippen MR) is 88.4 cm³/mol. The van der Waals surface area contributed by atoms with Gasteiger partial charge in [0.2, 0.25) is 0 Å². The second-order valence-electron chi connectivity index (χ2n) is 6.62. The zero-order chi connectivity index (χ0) is 16.1. The standard InChI is InChI=1S/C18H26N2O3/c21-14-6-3-5-13(11-14)12-19-18(22)20-16-8-4-10-23-17-9-2-1-7-15(16)17/h1-2,7,9,13-14,16,21H,3-6,8,10-12H2,(H2,19,20,22). The van der Waals surface area contributed by atoms with E-state index in [1.54, 1.807) is 0 Å². The van der Waals surface area contributed by atoms with E-state index in [9.17, 15) is 9.90 Å². The monoisotopic (exact) mass is 318 g/mol. The summed E-state index contributed by atoms with van der Waals surface area (Å²) in [6.07, 6.45) is 5.41. The van der Waals surface area contributed by atoms with Gasteiger partial charge in [0, 0.05) is 12.1 Å². The van der Waals surface area contributed by atoms with Gasteiger partial charge in [-0.1, -0.05) is 24.6 Å². The highest BCUT2D eigenvalue weighted by molar-refractivity contribution is 5.74. The number of urea groups is 1. The van der Waals surface area contributed by atoms with Gasteiger partial charge in [-0.15, -0.1) is 0 Å². The summed E-state index contributed by atoms with van der Waals surface area (Å²) >= 11 is 0. The molecule has 3 N–H and O–H groups in total.